The highest BCUT2D eigenvalue weighted by atomic mass is 16.5. The van der Waals surface area contributed by atoms with Crippen LogP contribution < -0.4 is 4.74 Å². The largest absolute Gasteiger partial charge is 0.474 e. The Morgan fingerprint density at radius 3 is 2.62 bits per heavy atom. The first kappa shape index (κ1) is 16.1. The standard InChI is InChI=1S/C18H20N4O2/c1-3-13(4-2)24-16-6-5-14-17(21-22-18(14)20-16)15(23)11-12-7-9-19-10-8-12/h5-10,13H,3-4,11H2,1-2H3,(H,20,21,22). The third kappa shape index (κ3) is 3.42. The van der Waals surface area contributed by atoms with Crippen LogP contribution in [0.15, 0.2) is 36.7 Å². The van der Waals surface area contributed by atoms with Crippen molar-refractivity contribution in [1.82, 2.24) is 20.2 Å². The Morgan fingerprint density at radius 1 is 1.17 bits per heavy atom. The van der Waals surface area contributed by atoms with Crippen LogP contribution in [0.2, 0.25) is 0 Å². The molecule has 0 aliphatic rings. The molecule has 0 radical (unpaired) electrons. The monoisotopic (exact) mass is 324 g/mol. The lowest BCUT2D eigenvalue weighted by molar-refractivity contribution is 0.0989. The highest BCUT2D eigenvalue weighted by Gasteiger charge is 2.16. The molecule has 0 fully saturated rings. The number of hydrogen-bond donors (Lipinski definition) is 1. The van der Waals surface area contributed by atoms with Crippen molar-refractivity contribution in [3.8, 4) is 5.88 Å². The molecule has 0 atom stereocenters. The summed E-state index contributed by atoms with van der Waals surface area (Å²) in [5.74, 6) is 0.509. The number of ether oxygens (including phenoxy) is 1. The molecule has 124 valence electrons. The molecule has 0 amide bonds. The number of aromatic amines is 1. The maximum atomic E-state index is 12.5. The van der Waals surface area contributed by atoms with Crippen LogP contribution in [0.1, 0.15) is 42.7 Å². The van der Waals surface area contributed by atoms with Crippen molar-refractivity contribution in [2.24, 2.45) is 0 Å². The van der Waals surface area contributed by atoms with Crippen LogP contribution in [-0.4, -0.2) is 32.1 Å². The third-order valence-corrected chi connectivity index (χ3v) is 3.98. The average molecular weight is 324 g/mol. The summed E-state index contributed by atoms with van der Waals surface area (Å²) in [6, 6.07) is 7.29. The van der Waals surface area contributed by atoms with Gasteiger partial charge < -0.3 is 4.74 Å². The smallest absolute Gasteiger partial charge is 0.215 e. The number of Topliss-reactive ketones (excluding diaryl/α,β-unsaturated/α-hetero) is 1. The molecular weight excluding hydrogens is 304 g/mol. The quantitative estimate of drug-likeness (QED) is 0.674. The summed E-state index contributed by atoms with van der Waals surface area (Å²) >= 11 is 0. The minimum atomic E-state index is -0.0286. The van der Waals surface area contributed by atoms with Gasteiger partial charge in [-0.15, -0.1) is 0 Å². The molecule has 0 aromatic carbocycles. The molecule has 1 N–H and O–H groups in total. The molecule has 6 nitrogen and oxygen atoms in total. The van der Waals surface area contributed by atoms with Gasteiger partial charge in [0, 0.05) is 24.9 Å². The number of rotatable bonds is 7. The van der Waals surface area contributed by atoms with Gasteiger partial charge in [0.2, 0.25) is 5.88 Å². The SMILES string of the molecule is CCC(CC)Oc1ccc2c(C(=O)Cc3ccncc3)[nH]nc2n1. The van der Waals surface area contributed by atoms with Crippen LogP contribution >= 0.6 is 0 Å². The van der Waals surface area contributed by atoms with E-state index in [9.17, 15) is 4.79 Å². The van der Waals surface area contributed by atoms with E-state index in [0.29, 0.717) is 29.0 Å². The van der Waals surface area contributed by atoms with Gasteiger partial charge >= 0.3 is 0 Å². The van der Waals surface area contributed by atoms with Gasteiger partial charge in [-0.05, 0) is 36.6 Å². The number of ketones is 1. The first-order chi connectivity index (χ1) is 11.7. The molecule has 0 unspecified atom stereocenters. The van der Waals surface area contributed by atoms with Gasteiger partial charge in [0.1, 0.15) is 5.69 Å². The molecule has 0 saturated carbocycles. The summed E-state index contributed by atoms with van der Waals surface area (Å²) in [6.45, 7) is 4.16. The van der Waals surface area contributed by atoms with E-state index in [1.54, 1.807) is 18.5 Å². The van der Waals surface area contributed by atoms with E-state index in [4.69, 9.17) is 4.74 Å². The molecule has 0 saturated heterocycles. The molecule has 6 heteroatoms. The van der Waals surface area contributed by atoms with Crippen molar-refractivity contribution >= 4 is 16.8 Å². The summed E-state index contributed by atoms with van der Waals surface area (Å²) in [7, 11) is 0. The predicted octanol–water partition coefficient (Wildman–Crippen LogP) is 3.35. The van der Waals surface area contributed by atoms with E-state index in [1.165, 1.54) is 0 Å². The van der Waals surface area contributed by atoms with Gasteiger partial charge in [-0.2, -0.15) is 10.1 Å². The van der Waals surface area contributed by atoms with Gasteiger partial charge in [-0.1, -0.05) is 13.8 Å². The Hall–Kier alpha value is -2.76. The van der Waals surface area contributed by atoms with Crippen molar-refractivity contribution in [1.29, 1.82) is 0 Å². The second-order valence-electron chi connectivity index (χ2n) is 5.63. The van der Waals surface area contributed by atoms with E-state index in [-0.39, 0.29) is 11.9 Å². The number of hydrogen-bond acceptors (Lipinski definition) is 5. The van der Waals surface area contributed by atoms with E-state index >= 15 is 0 Å². The Bertz CT molecular complexity index is 825. The maximum Gasteiger partial charge on any atom is 0.215 e. The lowest BCUT2D eigenvalue weighted by atomic mass is 10.1. The minimum absolute atomic E-state index is 0.0286. The number of nitrogens with zero attached hydrogens (tertiary/aromatic N) is 3. The first-order valence-corrected chi connectivity index (χ1v) is 8.15. The van der Waals surface area contributed by atoms with E-state index in [1.807, 2.05) is 18.2 Å². The number of carbonyl (C=O) groups excluding carboxylic acids is 1. The van der Waals surface area contributed by atoms with Crippen molar-refractivity contribution < 1.29 is 9.53 Å². The Labute approximate surface area is 140 Å². The fourth-order valence-electron chi connectivity index (χ4n) is 2.56. The molecule has 3 aromatic heterocycles. The highest BCUT2D eigenvalue weighted by Crippen LogP contribution is 2.21. The average Bonchev–Trinajstić information content (AvgIpc) is 3.03. The third-order valence-electron chi connectivity index (χ3n) is 3.98. The molecule has 3 rings (SSSR count). The number of nitrogens with one attached hydrogen (secondary N) is 1. The molecular formula is C18H20N4O2. The number of H-pyrrole nitrogens is 1. The normalized spacial score (nSPS) is 11.1. The van der Waals surface area contributed by atoms with E-state index < -0.39 is 0 Å². The van der Waals surface area contributed by atoms with E-state index in [0.717, 1.165) is 18.4 Å². The summed E-state index contributed by atoms with van der Waals surface area (Å²) in [6.07, 6.45) is 5.64. The number of aromatic nitrogens is 4. The molecule has 0 aliphatic heterocycles. The fraction of sp³-hybridized carbons (Fsp3) is 0.333. The van der Waals surface area contributed by atoms with Gasteiger partial charge in [-0.25, -0.2) is 0 Å². The van der Waals surface area contributed by atoms with Crippen molar-refractivity contribution in [3.63, 3.8) is 0 Å². The molecule has 24 heavy (non-hydrogen) atoms. The predicted molar refractivity (Wildman–Crippen MR) is 91.2 cm³/mol. The van der Waals surface area contributed by atoms with E-state index in [2.05, 4.69) is 34.0 Å². The molecule has 0 aliphatic carbocycles. The zero-order chi connectivity index (χ0) is 16.9. The summed E-state index contributed by atoms with van der Waals surface area (Å²) in [4.78, 5) is 20.8. The summed E-state index contributed by atoms with van der Waals surface area (Å²) in [5.41, 5.74) is 1.89. The lowest BCUT2D eigenvalue weighted by Gasteiger charge is -2.14. The summed E-state index contributed by atoms with van der Waals surface area (Å²) < 4.78 is 5.83. The van der Waals surface area contributed by atoms with Crippen LogP contribution in [0.25, 0.3) is 11.0 Å². The van der Waals surface area contributed by atoms with Crippen molar-refractivity contribution in [3.05, 3.63) is 47.9 Å². The topological polar surface area (TPSA) is 80.8 Å². The fourth-order valence-corrected chi connectivity index (χ4v) is 2.56. The van der Waals surface area contributed by atoms with Crippen LogP contribution in [0.3, 0.4) is 0 Å². The lowest BCUT2D eigenvalue weighted by Crippen LogP contribution is -2.14. The first-order valence-electron chi connectivity index (χ1n) is 8.15. The second kappa shape index (κ2) is 7.21. The minimum Gasteiger partial charge on any atom is -0.474 e. The highest BCUT2D eigenvalue weighted by molar-refractivity contribution is 6.06. The van der Waals surface area contributed by atoms with Gasteiger partial charge in [-0.3, -0.25) is 14.9 Å². The van der Waals surface area contributed by atoms with Gasteiger partial charge in [0.15, 0.2) is 11.4 Å². The Morgan fingerprint density at radius 2 is 1.92 bits per heavy atom. The zero-order valence-corrected chi connectivity index (χ0v) is 13.8. The molecule has 0 bridgehead atoms. The van der Waals surface area contributed by atoms with Gasteiger partial charge in [0.25, 0.3) is 0 Å². The maximum absolute atomic E-state index is 12.5. The Balaban J connectivity index is 1.81. The van der Waals surface area contributed by atoms with Crippen molar-refractivity contribution in [2.45, 2.75) is 39.2 Å². The van der Waals surface area contributed by atoms with Crippen molar-refractivity contribution in [2.75, 3.05) is 0 Å². The van der Waals surface area contributed by atoms with Gasteiger partial charge in [0.05, 0.1) is 11.5 Å². The molecule has 0 spiro atoms. The second-order valence-corrected chi connectivity index (χ2v) is 5.63. The van der Waals surface area contributed by atoms with Crippen LogP contribution in [0.5, 0.6) is 5.88 Å². The number of fused-ring (bicyclic) bond motifs is 1. The van der Waals surface area contributed by atoms with Crippen LogP contribution in [0.4, 0.5) is 0 Å². The summed E-state index contributed by atoms with van der Waals surface area (Å²) in [5, 5.41) is 7.67. The van der Waals surface area contributed by atoms with Crippen LogP contribution in [-0.2, 0) is 6.42 Å². The Kier molecular flexibility index (Phi) is 4.84. The number of carbonyl (C=O) groups is 1. The number of pyridine rings is 2. The molecule has 3 heterocycles. The zero-order valence-electron chi connectivity index (χ0n) is 13.8. The molecule has 3 aromatic rings. The van der Waals surface area contributed by atoms with Crippen LogP contribution in [0, 0.1) is 0 Å².